The monoisotopic (exact) mass is 324 g/mol. The predicted octanol–water partition coefficient (Wildman–Crippen LogP) is 6.42. The Kier molecular flexibility index (Phi) is 10.4. The van der Waals surface area contributed by atoms with Crippen molar-refractivity contribution in [2.24, 2.45) is 4.99 Å². The number of rotatable bonds is 12. The van der Waals surface area contributed by atoms with Crippen LogP contribution in [0.3, 0.4) is 0 Å². The van der Waals surface area contributed by atoms with Crippen molar-refractivity contribution in [2.45, 2.75) is 58.8 Å². The van der Waals surface area contributed by atoms with E-state index in [4.69, 9.17) is 0 Å². The van der Waals surface area contributed by atoms with Crippen LogP contribution in [-0.2, 0) is 0 Å². The normalized spacial score (nSPS) is 11.8. The average Bonchev–Trinajstić information content (AvgIpc) is 2.61. The van der Waals surface area contributed by atoms with Gasteiger partial charge in [-0.3, -0.25) is 9.98 Å². The summed E-state index contributed by atoms with van der Waals surface area (Å²) in [6, 6.07) is 4.05. The van der Waals surface area contributed by atoms with Gasteiger partial charge in [0.15, 0.2) is 0 Å². The van der Waals surface area contributed by atoms with Crippen LogP contribution in [0.5, 0.6) is 0 Å². The summed E-state index contributed by atoms with van der Waals surface area (Å²) in [4.78, 5) is 8.50. The molecule has 1 heterocycles. The lowest BCUT2D eigenvalue weighted by Gasteiger charge is -2.08. The number of aromatic nitrogens is 1. The fourth-order valence-corrected chi connectivity index (χ4v) is 2.59. The highest BCUT2D eigenvalue weighted by atomic mass is 14.7. The molecule has 0 radical (unpaired) electrons. The summed E-state index contributed by atoms with van der Waals surface area (Å²) < 4.78 is 0. The van der Waals surface area contributed by atoms with Crippen molar-refractivity contribution in [1.29, 1.82) is 0 Å². The minimum absolute atomic E-state index is 0.829. The van der Waals surface area contributed by atoms with Gasteiger partial charge in [0.05, 0.1) is 0 Å². The van der Waals surface area contributed by atoms with E-state index in [1.54, 1.807) is 6.20 Å². The molecule has 2 nitrogen and oxygen atoms in total. The SMILES string of the molecule is C=C(CCCCCCC(=C)c1cccnc1)/C(C=NCC)=C/CC. The molecule has 0 atom stereocenters. The Balaban J connectivity index is 2.21. The number of allylic oxidation sites excluding steroid dienone is 4. The first-order chi connectivity index (χ1) is 11.7. The minimum Gasteiger partial charge on any atom is -0.293 e. The van der Waals surface area contributed by atoms with Gasteiger partial charge in [0.1, 0.15) is 0 Å². The summed E-state index contributed by atoms with van der Waals surface area (Å²) in [5, 5.41) is 0. The summed E-state index contributed by atoms with van der Waals surface area (Å²) >= 11 is 0. The molecule has 0 unspecified atom stereocenters. The summed E-state index contributed by atoms with van der Waals surface area (Å²) in [5.74, 6) is 0. The lowest BCUT2D eigenvalue weighted by atomic mass is 9.99. The molecule has 0 aliphatic carbocycles. The molecule has 2 heteroatoms. The van der Waals surface area contributed by atoms with Gasteiger partial charge in [-0.05, 0) is 67.4 Å². The van der Waals surface area contributed by atoms with Crippen LogP contribution >= 0.6 is 0 Å². The van der Waals surface area contributed by atoms with E-state index in [9.17, 15) is 0 Å². The molecule has 0 aliphatic heterocycles. The third-order valence-electron chi connectivity index (χ3n) is 4.02. The number of pyridine rings is 1. The Hall–Kier alpha value is -1.96. The number of hydrogen-bond donors (Lipinski definition) is 0. The average molecular weight is 325 g/mol. The Morgan fingerprint density at radius 1 is 1.12 bits per heavy atom. The standard InChI is InChI=1S/C22H32N2/c1-5-12-21(17-23-6-2)19(3)13-9-7-8-10-14-20(4)22-15-11-16-24-18-22/h11-12,15-18H,3-10,13-14H2,1-2H3/b21-12+,23-17?. The molecular weight excluding hydrogens is 292 g/mol. The molecule has 24 heavy (non-hydrogen) atoms. The molecule has 1 rings (SSSR count). The number of hydrogen-bond acceptors (Lipinski definition) is 2. The van der Waals surface area contributed by atoms with Crippen molar-refractivity contribution in [3.8, 4) is 0 Å². The van der Waals surface area contributed by atoms with Gasteiger partial charge in [0.25, 0.3) is 0 Å². The van der Waals surface area contributed by atoms with Crippen molar-refractivity contribution in [3.05, 3.63) is 60.5 Å². The first kappa shape index (κ1) is 20.1. The van der Waals surface area contributed by atoms with Gasteiger partial charge in [-0.1, -0.05) is 45.1 Å². The number of aliphatic imine (C=N–C) groups is 1. The molecule has 0 bridgehead atoms. The molecule has 0 N–H and O–H groups in total. The van der Waals surface area contributed by atoms with Gasteiger partial charge in [0.2, 0.25) is 0 Å². The van der Waals surface area contributed by atoms with Gasteiger partial charge in [-0.15, -0.1) is 0 Å². The van der Waals surface area contributed by atoms with Crippen LogP contribution in [0.4, 0.5) is 0 Å². The molecule has 1 aromatic rings. The van der Waals surface area contributed by atoms with Crippen molar-refractivity contribution < 1.29 is 0 Å². The van der Waals surface area contributed by atoms with E-state index in [2.05, 4.69) is 49.1 Å². The van der Waals surface area contributed by atoms with E-state index in [-0.39, 0.29) is 0 Å². The fraction of sp³-hybridized carbons (Fsp3) is 0.455. The highest BCUT2D eigenvalue weighted by molar-refractivity contribution is 5.84. The zero-order chi connectivity index (χ0) is 17.6. The fourth-order valence-electron chi connectivity index (χ4n) is 2.59. The maximum Gasteiger partial charge on any atom is 0.0361 e. The molecule has 130 valence electrons. The molecule has 0 saturated carbocycles. The topological polar surface area (TPSA) is 25.2 Å². The number of nitrogens with zero attached hydrogens (tertiary/aromatic N) is 2. The minimum atomic E-state index is 0.829. The molecular formula is C22H32N2. The van der Waals surface area contributed by atoms with Crippen LogP contribution in [0.25, 0.3) is 5.57 Å². The Labute approximate surface area is 148 Å². The molecule has 1 aromatic heterocycles. The van der Waals surface area contributed by atoms with Crippen LogP contribution < -0.4 is 0 Å². The molecule has 0 saturated heterocycles. The smallest absolute Gasteiger partial charge is 0.0361 e. The van der Waals surface area contributed by atoms with Crippen LogP contribution in [0, 0.1) is 0 Å². The van der Waals surface area contributed by atoms with E-state index in [0.29, 0.717) is 0 Å². The number of unbranched alkanes of at least 4 members (excludes halogenated alkanes) is 3. The van der Waals surface area contributed by atoms with Crippen LogP contribution in [0.1, 0.15) is 64.4 Å². The third-order valence-corrected chi connectivity index (χ3v) is 4.02. The largest absolute Gasteiger partial charge is 0.293 e. The highest BCUT2D eigenvalue weighted by Crippen LogP contribution is 2.20. The zero-order valence-corrected chi connectivity index (χ0v) is 15.4. The summed E-state index contributed by atoms with van der Waals surface area (Å²) in [5.41, 5.74) is 4.78. The Bertz CT molecular complexity index is 553. The van der Waals surface area contributed by atoms with Crippen molar-refractivity contribution in [2.75, 3.05) is 6.54 Å². The van der Waals surface area contributed by atoms with Crippen LogP contribution in [0.2, 0.25) is 0 Å². The first-order valence-corrected chi connectivity index (χ1v) is 9.15. The maximum absolute atomic E-state index is 4.35. The van der Waals surface area contributed by atoms with Gasteiger partial charge in [-0.2, -0.15) is 0 Å². The van der Waals surface area contributed by atoms with E-state index in [1.165, 1.54) is 42.4 Å². The predicted molar refractivity (Wildman–Crippen MR) is 108 cm³/mol. The van der Waals surface area contributed by atoms with E-state index in [1.807, 2.05) is 18.5 Å². The van der Waals surface area contributed by atoms with Gasteiger partial charge >= 0.3 is 0 Å². The zero-order valence-electron chi connectivity index (χ0n) is 15.4. The second kappa shape index (κ2) is 12.5. The summed E-state index contributed by atoms with van der Waals surface area (Å²) in [7, 11) is 0. The third kappa shape index (κ3) is 8.05. The van der Waals surface area contributed by atoms with Gasteiger partial charge in [-0.25, -0.2) is 0 Å². The maximum atomic E-state index is 4.35. The van der Waals surface area contributed by atoms with E-state index < -0.39 is 0 Å². The van der Waals surface area contributed by atoms with Crippen molar-refractivity contribution in [3.63, 3.8) is 0 Å². The molecule has 0 amide bonds. The Morgan fingerprint density at radius 2 is 1.88 bits per heavy atom. The molecule has 0 spiro atoms. The second-order valence-electron chi connectivity index (χ2n) is 6.06. The lowest BCUT2D eigenvalue weighted by molar-refractivity contribution is 0.650. The highest BCUT2D eigenvalue weighted by Gasteiger charge is 2.02. The lowest BCUT2D eigenvalue weighted by Crippen LogP contribution is -1.92. The summed E-state index contributed by atoms with van der Waals surface area (Å²) in [6.45, 7) is 13.4. The molecule has 0 aromatic carbocycles. The molecule has 0 fully saturated rings. The Morgan fingerprint density at radius 3 is 2.50 bits per heavy atom. The van der Waals surface area contributed by atoms with Crippen LogP contribution in [0.15, 0.2) is 59.9 Å². The summed E-state index contributed by atoms with van der Waals surface area (Å²) in [6.07, 6.45) is 15.9. The molecule has 0 aliphatic rings. The first-order valence-electron chi connectivity index (χ1n) is 9.15. The second-order valence-corrected chi connectivity index (χ2v) is 6.06. The van der Waals surface area contributed by atoms with Crippen molar-refractivity contribution >= 4 is 11.8 Å². The van der Waals surface area contributed by atoms with Crippen LogP contribution in [-0.4, -0.2) is 17.7 Å². The van der Waals surface area contributed by atoms with Gasteiger partial charge < -0.3 is 0 Å². The quantitative estimate of drug-likeness (QED) is 0.247. The van der Waals surface area contributed by atoms with Crippen molar-refractivity contribution in [1.82, 2.24) is 4.98 Å². The van der Waals surface area contributed by atoms with E-state index in [0.717, 1.165) is 31.4 Å². The van der Waals surface area contributed by atoms with Gasteiger partial charge in [0, 0.05) is 25.2 Å². The van der Waals surface area contributed by atoms with E-state index >= 15 is 0 Å².